The highest BCUT2D eigenvalue weighted by atomic mass is 79.9. The monoisotopic (exact) mass is 343 g/mol. The van der Waals surface area contributed by atoms with Crippen LogP contribution in [0.25, 0.3) is 0 Å². The Morgan fingerprint density at radius 3 is 2.42 bits per heavy atom. The van der Waals surface area contributed by atoms with E-state index in [-0.39, 0.29) is 0 Å². The first-order valence-electron chi connectivity index (χ1n) is 7.16. The highest BCUT2D eigenvalue weighted by molar-refractivity contribution is 9.10. The van der Waals surface area contributed by atoms with Gasteiger partial charge in [0.25, 0.3) is 0 Å². The van der Waals surface area contributed by atoms with Crippen LogP contribution in [0.5, 0.6) is 0 Å². The Balaban J connectivity index is 2.02. The van der Waals surface area contributed by atoms with Crippen LogP contribution < -0.4 is 5.32 Å². The predicted octanol–water partition coefficient (Wildman–Crippen LogP) is 5.58. The molecule has 1 saturated carbocycles. The second-order valence-electron chi connectivity index (χ2n) is 6.17. The summed E-state index contributed by atoms with van der Waals surface area (Å²) in [5, 5.41) is 4.60. The highest BCUT2D eigenvalue weighted by Gasteiger charge is 2.25. The SMILES string of the molecule is CC1CC(C)CC(NC(C)c2ccc(Br)cc2Cl)C1. The molecule has 0 radical (unpaired) electrons. The van der Waals surface area contributed by atoms with Crippen LogP contribution in [0, 0.1) is 11.8 Å². The first kappa shape index (κ1) is 15.3. The minimum atomic E-state index is 0.308. The van der Waals surface area contributed by atoms with Crippen molar-refractivity contribution in [3.8, 4) is 0 Å². The maximum Gasteiger partial charge on any atom is 0.0464 e. The summed E-state index contributed by atoms with van der Waals surface area (Å²) in [4.78, 5) is 0. The molecule has 1 fully saturated rings. The number of nitrogens with one attached hydrogen (secondary N) is 1. The van der Waals surface area contributed by atoms with Crippen LogP contribution in [-0.2, 0) is 0 Å². The Bertz CT molecular complexity index is 425. The Morgan fingerprint density at radius 1 is 1.21 bits per heavy atom. The molecule has 0 spiro atoms. The first-order valence-corrected chi connectivity index (χ1v) is 8.33. The lowest BCUT2D eigenvalue weighted by molar-refractivity contribution is 0.228. The minimum Gasteiger partial charge on any atom is -0.307 e. The van der Waals surface area contributed by atoms with Crippen molar-refractivity contribution in [2.24, 2.45) is 11.8 Å². The molecule has 1 aromatic carbocycles. The van der Waals surface area contributed by atoms with Crippen molar-refractivity contribution in [3.63, 3.8) is 0 Å². The number of rotatable bonds is 3. The second-order valence-corrected chi connectivity index (χ2v) is 7.49. The molecular formula is C16H23BrClN. The summed E-state index contributed by atoms with van der Waals surface area (Å²) in [6, 6.07) is 7.07. The van der Waals surface area contributed by atoms with Gasteiger partial charge in [-0.1, -0.05) is 47.4 Å². The Hall–Kier alpha value is -0.0500. The molecule has 1 aliphatic rings. The van der Waals surface area contributed by atoms with Crippen molar-refractivity contribution in [2.75, 3.05) is 0 Å². The van der Waals surface area contributed by atoms with Crippen LogP contribution in [0.1, 0.15) is 51.6 Å². The molecule has 0 bridgehead atoms. The van der Waals surface area contributed by atoms with Gasteiger partial charge in [0.05, 0.1) is 0 Å². The summed E-state index contributed by atoms with van der Waals surface area (Å²) in [5.74, 6) is 1.66. The molecule has 0 aromatic heterocycles. The number of halogens is 2. The average molecular weight is 345 g/mol. The van der Waals surface area contributed by atoms with Gasteiger partial charge in [0.1, 0.15) is 0 Å². The molecule has 1 N–H and O–H groups in total. The standard InChI is InChI=1S/C16H23BrClN/c1-10-6-11(2)8-14(7-10)19-12(3)15-5-4-13(17)9-16(15)18/h4-5,9-12,14,19H,6-8H2,1-3H3. The third-order valence-corrected chi connectivity index (χ3v) is 4.91. The van der Waals surface area contributed by atoms with Gasteiger partial charge < -0.3 is 5.32 Å². The minimum absolute atomic E-state index is 0.308. The van der Waals surface area contributed by atoms with E-state index in [0.717, 1.165) is 21.3 Å². The molecule has 1 aromatic rings. The van der Waals surface area contributed by atoms with Gasteiger partial charge in [0.15, 0.2) is 0 Å². The number of benzene rings is 1. The zero-order valence-electron chi connectivity index (χ0n) is 11.9. The lowest BCUT2D eigenvalue weighted by atomic mass is 9.80. The van der Waals surface area contributed by atoms with E-state index < -0.39 is 0 Å². The molecule has 106 valence electrons. The summed E-state index contributed by atoms with van der Waals surface area (Å²) < 4.78 is 1.04. The normalized spacial score (nSPS) is 29.2. The van der Waals surface area contributed by atoms with Gasteiger partial charge in [0, 0.05) is 21.6 Å². The smallest absolute Gasteiger partial charge is 0.0464 e. The van der Waals surface area contributed by atoms with Crippen molar-refractivity contribution in [2.45, 2.75) is 52.1 Å². The second kappa shape index (κ2) is 6.60. The van der Waals surface area contributed by atoms with Crippen molar-refractivity contribution < 1.29 is 0 Å². The van der Waals surface area contributed by atoms with E-state index in [4.69, 9.17) is 11.6 Å². The lowest BCUT2D eigenvalue weighted by Gasteiger charge is -2.34. The fourth-order valence-corrected chi connectivity index (χ4v) is 4.22. The van der Waals surface area contributed by atoms with Crippen molar-refractivity contribution in [1.82, 2.24) is 5.32 Å². The molecule has 0 heterocycles. The summed E-state index contributed by atoms with van der Waals surface area (Å²) in [7, 11) is 0. The average Bonchev–Trinajstić information content (AvgIpc) is 2.26. The first-order chi connectivity index (χ1) is 8.95. The Labute approximate surface area is 130 Å². The molecule has 0 aliphatic heterocycles. The third-order valence-electron chi connectivity index (χ3n) is 4.09. The summed E-state index contributed by atoms with van der Waals surface area (Å²) in [6.07, 6.45) is 3.93. The van der Waals surface area contributed by atoms with Crippen LogP contribution in [-0.4, -0.2) is 6.04 Å². The van der Waals surface area contributed by atoms with Gasteiger partial charge in [-0.05, 0) is 55.7 Å². The molecule has 3 atom stereocenters. The van der Waals surface area contributed by atoms with Crippen LogP contribution in [0.4, 0.5) is 0 Å². The maximum absolute atomic E-state index is 6.33. The Kier molecular flexibility index (Phi) is 5.33. The lowest BCUT2D eigenvalue weighted by Crippen LogP contribution is -2.37. The zero-order chi connectivity index (χ0) is 14.0. The van der Waals surface area contributed by atoms with E-state index in [1.807, 2.05) is 6.07 Å². The molecule has 3 heteroatoms. The topological polar surface area (TPSA) is 12.0 Å². The summed E-state index contributed by atoms with van der Waals surface area (Å²) in [5.41, 5.74) is 1.19. The van der Waals surface area contributed by atoms with E-state index in [2.05, 4.69) is 54.2 Å². The molecule has 0 saturated heterocycles. The molecule has 2 rings (SSSR count). The van der Waals surface area contributed by atoms with Crippen LogP contribution in [0.3, 0.4) is 0 Å². The van der Waals surface area contributed by atoms with Gasteiger partial charge in [-0.3, -0.25) is 0 Å². The van der Waals surface area contributed by atoms with Crippen molar-refractivity contribution >= 4 is 27.5 Å². The van der Waals surface area contributed by atoms with Gasteiger partial charge in [-0.25, -0.2) is 0 Å². The van der Waals surface area contributed by atoms with Crippen LogP contribution in [0.2, 0.25) is 5.02 Å². The van der Waals surface area contributed by atoms with Gasteiger partial charge in [-0.2, -0.15) is 0 Å². The fourth-order valence-electron chi connectivity index (χ4n) is 3.38. The highest BCUT2D eigenvalue weighted by Crippen LogP contribution is 2.31. The molecule has 1 aliphatic carbocycles. The molecule has 1 nitrogen and oxygen atoms in total. The quantitative estimate of drug-likeness (QED) is 0.755. The Morgan fingerprint density at radius 2 is 1.84 bits per heavy atom. The van der Waals surface area contributed by atoms with E-state index in [9.17, 15) is 0 Å². The van der Waals surface area contributed by atoms with E-state index in [1.165, 1.54) is 24.8 Å². The van der Waals surface area contributed by atoms with Crippen LogP contribution >= 0.6 is 27.5 Å². The predicted molar refractivity (Wildman–Crippen MR) is 86.7 cm³/mol. The summed E-state index contributed by atoms with van der Waals surface area (Å²) >= 11 is 9.78. The molecular weight excluding hydrogens is 322 g/mol. The van der Waals surface area contributed by atoms with Crippen molar-refractivity contribution in [3.05, 3.63) is 33.3 Å². The number of hydrogen-bond donors (Lipinski definition) is 1. The number of hydrogen-bond acceptors (Lipinski definition) is 1. The van der Waals surface area contributed by atoms with Gasteiger partial charge in [-0.15, -0.1) is 0 Å². The van der Waals surface area contributed by atoms with Crippen molar-refractivity contribution in [1.29, 1.82) is 0 Å². The van der Waals surface area contributed by atoms with Crippen LogP contribution in [0.15, 0.2) is 22.7 Å². The molecule has 0 amide bonds. The zero-order valence-corrected chi connectivity index (χ0v) is 14.3. The third kappa shape index (κ3) is 4.21. The molecule has 19 heavy (non-hydrogen) atoms. The van der Waals surface area contributed by atoms with E-state index >= 15 is 0 Å². The largest absolute Gasteiger partial charge is 0.307 e. The summed E-state index contributed by atoms with van der Waals surface area (Å²) in [6.45, 7) is 6.93. The van der Waals surface area contributed by atoms with E-state index in [1.54, 1.807) is 0 Å². The maximum atomic E-state index is 6.33. The van der Waals surface area contributed by atoms with Gasteiger partial charge in [0.2, 0.25) is 0 Å². The molecule has 3 unspecified atom stereocenters. The van der Waals surface area contributed by atoms with Gasteiger partial charge >= 0.3 is 0 Å². The van der Waals surface area contributed by atoms with E-state index in [0.29, 0.717) is 12.1 Å². The fraction of sp³-hybridized carbons (Fsp3) is 0.625.